The first kappa shape index (κ1) is 14.6. The van der Waals surface area contributed by atoms with Gasteiger partial charge >= 0.3 is 0 Å². The molecule has 0 fully saturated rings. The number of rotatable bonds is 6. The second-order valence-electron chi connectivity index (χ2n) is 4.79. The quantitative estimate of drug-likeness (QED) is 0.799. The van der Waals surface area contributed by atoms with Crippen LogP contribution in [0.4, 0.5) is 5.69 Å². The number of aryl methyl sites for hydroxylation is 1. The highest BCUT2D eigenvalue weighted by molar-refractivity contribution is 7.10. The molecule has 0 radical (unpaired) electrons. The van der Waals surface area contributed by atoms with E-state index in [1.165, 1.54) is 4.88 Å². The summed E-state index contributed by atoms with van der Waals surface area (Å²) in [5.74, 6) is 0.0904. The number of hydrogen-bond acceptors (Lipinski definition) is 3. The van der Waals surface area contributed by atoms with Gasteiger partial charge in [-0.05, 0) is 42.0 Å². The molecule has 0 spiro atoms. The monoisotopic (exact) mass is 288 g/mol. The number of benzene rings is 1. The second kappa shape index (κ2) is 7.10. The van der Waals surface area contributed by atoms with Gasteiger partial charge in [-0.2, -0.15) is 0 Å². The van der Waals surface area contributed by atoms with Crippen molar-refractivity contribution in [2.24, 2.45) is 0 Å². The molecule has 0 aliphatic rings. The summed E-state index contributed by atoms with van der Waals surface area (Å²) >= 11 is 1.68. The molecular formula is C16H20N2OS. The lowest BCUT2D eigenvalue weighted by atomic mass is 10.1. The molecule has 0 aliphatic carbocycles. The van der Waals surface area contributed by atoms with Crippen LogP contribution in [0.25, 0.3) is 0 Å². The summed E-state index contributed by atoms with van der Waals surface area (Å²) in [6.45, 7) is 2.09. The average molecular weight is 288 g/mol. The van der Waals surface area contributed by atoms with E-state index in [4.69, 9.17) is 5.73 Å². The normalized spacial score (nSPS) is 12.1. The zero-order chi connectivity index (χ0) is 14.4. The van der Waals surface area contributed by atoms with E-state index in [-0.39, 0.29) is 11.9 Å². The minimum atomic E-state index is 0.0904. The molecule has 1 atom stereocenters. The Bertz CT molecular complexity index is 551. The van der Waals surface area contributed by atoms with E-state index in [1.807, 2.05) is 35.7 Å². The molecule has 0 saturated heterocycles. The summed E-state index contributed by atoms with van der Waals surface area (Å²) in [6.07, 6.45) is 2.12. The zero-order valence-corrected chi connectivity index (χ0v) is 12.5. The van der Waals surface area contributed by atoms with Crippen LogP contribution in [0.2, 0.25) is 0 Å². The van der Waals surface area contributed by atoms with Crippen molar-refractivity contribution in [2.75, 3.05) is 5.73 Å². The number of nitrogens with one attached hydrogen (secondary N) is 1. The highest BCUT2D eigenvalue weighted by atomic mass is 32.1. The SMILES string of the molecule is CCC(NC(=O)CCc1cccc(N)c1)c1cccs1. The second-order valence-corrected chi connectivity index (χ2v) is 5.77. The number of thiophene rings is 1. The molecule has 2 aromatic rings. The maximum atomic E-state index is 12.0. The Kier molecular flexibility index (Phi) is 5.18. The Morgan fingerprint density at radius 3 is 2.85 bits per heavy atom. The van der Waals surface area contributed by atoms with E-state index in [2.05, 4.69) is 18.3 Å². The molecule has 0 aliphatic heterocycles. The highest BCUT2D eigenvalue weighted by Crippen LogP contribution is 2.21. The minimum absolute atomic E-state index is 0.0904. The molecule has 0 bridgehead atoms. The molecule has 4 heteroatoms. The zero-order valence-electron chi connectivity index (χ0n) is 11.6. The van der Waals surface area contributed by atoms with Gasteiger partial charge in [0.2, 0.25) is 5.91 Å². The fraction of sp³-hybridized carbons (Fsp3) is 0.312. The van der Waals surface area contributed by atoms with Crippen molar-refractivity contribution in [3.8, 4) is 0 Å². The van der Waals surface area contributed by atoms with Crippen LogP contribution >= 0.6 is 11.3 Å². The number of nitrogen functional groups attached to an aromatic ring is 1. The Balaban J connectivity index is 1.86. The van der Waals surface area contributed by atoms with Crippen LogP contribution in [0, 0.1) is 0 Å². The molecule has 2 rings (SSSR count). The molecular weight excluding hydrogens is 268 g/mol. The van der Waals surface area contributed by atoms with Crippen molar-refractivity contribution in [3.63, 3.8) is 0 Å². The molecule has 1 heterocycles. The van der Waals surface area contributed by atoms with Gasteiger partial charge in [0, 0.05) is 17.0 Å². The maximum absolute atomic E-state index is 12.0. The summed E-state index contributed by atoms with van der Waals surface area (Å²) in [6, 6.07) is 11.9. The van der Waals surface area contributed by atoms with Crippen LogP contribution in [-0.2, 0) is 11.2 Å². The predicted molar refractivity (Wildman–Crippen MR) is 84.7 cm³/mol. The van der Waals surface area contributed by atoms with Gasteiger partial charge in [-0.15, -0.1) is 11.3 Å². The van der Waals surface area contributed by atoms with Gasteiger partial charge in [0.05, 0.1) is 6.04 Å². The van der Waals surface area contributed by atoms with Crippen LogP contribution in [0.5, 0.6) is 0 Å². The van der Waals surface area contributed by atoms with Gasteiger partial charge < -0.3 is 11.1 Å². The van der Waals surface area contributed by atoms with Gasteiger partial charge in [0.1, 0.15) is 0 Å². The van der Waals surface area contributed by atoms with E-state index < -0.39 is 0 Å². The topological polar surface area (TPSA) is 55.1 Å². The van der Waals surface area contributed by atoms with Crippen LogP contribution in [-0.4, -0.2) is 5.91 Å². The van der Waals surface area contributed by atoms with Crippen molar-refractivity contribution in [3.05, 3.63) is 52.2 Å². The number of carbonyl (C=O) groups excluding carboxylic acids is 1. The number of nitrogens with two attached hydrogens (primary N) is 1. The summed E-state index contributed by atoms with van der Waals surface area (Å²) < 4.78 is 0. The Morgan fingerprint density at radius 1 is 1.35 bits per heavy atom. The van der Waals surface area contributed by atoms with E-state index in [9.17, 15) is 4.79 Å². The summed E-state index contributed by atoms with van der Waals surface area (Å²) in [5.41, 5.74) is 7.58. The number of anilines is 1. The first-order chi connectivity index (χ1) is 9.69. The summed E-state index contributed by atoms with van der Waals surface area (Å²) in [5, 5.41) is 5.13. The number of carbonyl (C=O) groups is 1. The lowest BCUT2D eigenvalue weighted by molar-refractivity contribution is -0.121. The first-order valence-electron chi connectivity index (χ1n) is 6.86. The van der Waals surface area contributed by atoms with Crippen LogP contribution in [0.1, 0.15) is 36.2 Å². The molecule has 1 unspecified atom stereocenters. The minimum Gasteiger partial charge on any atom is -0.399 e. The largest absolute Gasteiger partial charge is 0.399 e. The van der Waals surface area contributed by atoms with Gasteiger partial charge in [0.25, 0.3) is 0 Å². The highest BCUT2D eigenvalue weighted by Gasteiger charge is 2.13. The Labute approximate surface area is 123 Å². The summed E-state index contributed by atoms with van der Waals surface area (Å²) in [7, 11) is 0. The van der Waals surface area contributed by atoms with Gasteiger partial charge in [0.15, 0.2) is 0 Å². The van der Waals surface area contributed by atoms with Crippen LogP contribution in [0.3, 0.4) is 0 Å². The standard InChI is InChI=1S/C16H20N2OS/c1-2-14(15-7-4-10-20-15)18-16(19)9-8-12-5-3-6-13(17)11-12/h3-7,10-11,14H,2,8-9,17H2,1H3,(H,18,19). The third-order valence-corrected chi connectivity index (χ3v) is 4.21. The summed E-state index contributed by atoms with van der Waals surface area (Å²) in [4.78, 5) is 13.2. The third kappa shape index (κ3) is 4.10. The van der Waals surface area contributed by atoms with Gasteiger partial charge in [-0.3, -0.25) is 4.79 Å². The van der Waals surface area contributed by atoms with E-state index in [0.717, 1.165) is 24.1 Å². The molecule has 106 valence electrons. The average Bonchev–Trinajstić information content (AvgIpc) is 2.96. The third-order valence-electron chi connectivity index (χ3n) is 3.22. The molecule has 1 aromatic carbocycles. The van der Waals surface area contributed by atoms with E-state index in [1.54, 1.807) is 11.3 Å². The van der Waals surface area contributed by atoms with Crippen molar-refractivity contribution in [1.29, 1.82) is 0 Å². The molecule has 3 N–H and O–H groups in total. The Hall–Kier alpha value is -1.81. The van der Waals surface area contributed by atoms with E-state index >= 15 is 0 Å². The van der Waals surface area contributed by atoms with Gasteiger partial charge in [-0.1, -0.05) is 25.1 Å². The van der Waals surface area contributed by atoms with Crippen LogP contribution in [0.15, 0.2) is 41.8 Å². The van der Waals surface area contributed by atoms with Crippen LogP contribution < -0.4 is 11.1 Å². The lowest BCUT2D eigenvalue weighted by Gasteiger charge is -2.15. The number of hydrogen-bond donors (Lipinski definition) is 2. The molecule has 1 aromatic heterocycles. The first-order valence-corrected chi connectivity index (χ1v) is 7.74. The lowest BCUT2D eigenvalue weighted by Crippen LogP contribution is -2.27. The molecule has 1 amide bonds. The fourth-order valence-corrected chi connectivity index (χ4v) is 3.00. The molecule has 20 heavy (non-hydrogen) atoms. The number of amides is 1. The van der Waals surface area contributed by atoms with Crippen molar-refractivity contribution < 1.29 is 4.79 Å². The smallest absolute Gasteiger partial charge is 0.220 e. The fourth-order valence-electron chi connectivity index (χ4n) is 2.14. The molecule has 0 saturated carbocycles. The Morgan fingerprint density at radius 2 is 2.20 bits per heavy atom. The predicted octanol–water partition coefficient (Wildman–Crippen LogP) is 3.53. The van der Waals surface area contributed by atoms with Crippen molar-refractivity contribution >= 4 is 22.9 Å². The molecule has 3 nitrogen and oxygen atoms in total. The van der Waals surface area contributed by atoms with Crippen molar-refractivity contribution in [2.45, 2.75) is 32.2 Å². The maximum Gasteiger partial charge on any atom is 0.220 e. The van der Waals surface area contributed by atoms with Crippen molar-refractivity contribution in [1.82, 2.24) is 5.32 Å². The van der Waals surface area contributed by atoms with Gasteiger partial charge in [-0.25, -0.2) is 0 Å². The van der Waals surface area contributed by atoms with E-state index in [0.29, 0.717) is 6.42 Å².